The molecule has 0 unspecified atom stereocenters. The van der Waals surface area contributed by atoms with Crippen LogP contribution in [0, 0.1) is 6.92 Å². The van der Waals surface area contributed by atoms with Gasteiger partial charge in [0.1, 0.15) is 5.84 Å². The lowest BCUT2D eigenvalue weighted by molar-refractivity contribution is 1.23. The first-order chi connectivity index (χ1) is 8.65. The number of nitrogens with zero attached hydrogens (tertiary/aromatic N) is 4. The van der Waals surface area contributed by atoms with Crippen molar-refractivity contribution in [2.24, 2.45) is 21.5 Å². The first-order valence-electron chi connectivity index (χ1n) is 5.16. The normalized spacial score (nSPS) is 12.7. The highest BCUT2D eigenvalue weighted by Crippen LogP contribution is 2.17. The number of thiazole rings is 1. The molecule has 0 aliphatic carbocycles. The summed E-state index contributed by atoms with van der Waals surface area (Å²) in [6, 6.07) is 3.57. The zero-order chi connectivity index (χ0) is 13.0. The molecule has 7 heteroatoms. The Morgan fingerprint density at radius 3 is 2.83 bits per heavy atom. The number of amidine groups is 1. The van der Waals surface area contributed by atoms with Crippen LogP contribution in [0.3, 0.4) is 0 Å². The average Bonchev–Trinajstić information content (AvgIpc) is 2.75. The summed E-state index contributed by atoms with van der Waals surface area (Å²) in [5.41, 5.74) is 13.1. The molecule has 0 radical (unpaired) electrons. The van der Waals surface area contributed by atoms with Crippen LogP contribution < -0.4 is 11.5 Å². The Morgan fingerprint density at radius 1 is 1.39 bits per heavy atom. The van der Waals surface area contributed by atoms with Crippen LogP contribution in [0.4, 0.5) is 5.13 Å². The zero-order valence-corrected chi connectivity index (χ0v) is 10.6. The van der Waals surface area contributed by atoms with Gasteiger partial charge in [0, 0.05) is 23.3 Å². The van der Waals surface area contributed by atoms with Crippen LogP contribution in [-0.2, 0) is 0 Å². The van der Waals surface area contributed by atoms with Gasteiger partial charge in [0.25, 0.3) is 0 Å². The minimum atomic E-state index is 0.0747. The van der Waals surface area contributed by atoms with Crippen molar-refractivity contribution in [1.29, 1.82) is 0 Å². The van der Waals surface area contributed by atoms with Crippen molar-refractivity contribution in [2.45, 2.75) is 6.92 Å². The van der Waals surface area contributed by atoms with E-state index >= 15 is 0 Å². The third kappa shape index (κ3) is 3.11. The minimum Gasteiger partial charge on any atom is -0.383 e. The Kier molecular flexibility index (Phi) is 3.63. The number of aryl methyl sites for hydroxylation is 1. The number of guanidine groups is 1. The Morgan fingerprint density at radius 2 is 2.22 bits per heavy atom. The van der Waals surface area contributed by atoms with Gasteiger partial charge in [-0.15, -0.1) is 11.3 Å². The van der Waals surface area contributed by atoms with E-state index in [1.807, 2.05) is 12.3 Å². The van der Waals surface area contributed by atoms with Crippen LogP contribution in [0.25, 0.3) is 0 Å². The molecule has 18 heavy (non-hydrogen) atoms. The maximum absolute atomic E-state index is 5.79. The second-order valence-corrected chi connectivity index (χ2v) is 4.32. The van der Waals surface area contributed by atoms with Crippen molar-refractivity contribution in [3.63, 3.8) is 0 Å². The molecule has 0 saturated carbocycles. The first-order valence-corrected chi connectivity index (χ1v) is 6.04. The number of hydrogen-bond acceptors (Lipinski definition) is 4. The van der Waals surface area contributed by atoms with E-state index in [-0.39, 0.29) is 11.8 Å². The van der Waals surface area contributed by atoms with E-state index in [1.54, 1.807) is 24.5 Å². The van der Waals surface area contributed by atoms with Crippen molar-refractivity contribution in [3.05, 3.63) is 41.2 Å². The Hall–Kier alpha value is -2.28. The summed E-state index contributed by atoms with van der Waals surface area (Å²) >= 11 is 1.40. The van der Waals surface area contributed by atoms with Gasteiger partial charge >= 0.3 is 0 Å². The van der Waals surface area contributed by atoms with Gasteiger partial charge in [0.2, 0.25) is 11.1 Å². The first kappa shape index (κ1) is 12.2. The molecule has 2 rings (SSSR count). The van der Waals surface area contributed by atoms with Crippen LogP contribution in [0.15, 0.2) is 39.9 Å². The average molecular weight is 260 g/mol. The number of pyridine rings is 1. The van der Waals surface area contributed by atoms with Gasteiger partial charge in [0.05, 0.1) is 5.69 Å². The van der Waals surface area contributed by atoms with E-state index in [4.69, 9.17) is 11.5 Å². The van der Waals surface area contributed by atoms with Crippen molar-refractivity contribution in [3.8, 4) is 0 Å². The molecular formula is C11H12N6S. The molecular weight excluding hydrogens is 248 g/mol. The lowest BCUT2D eigenvalue weighted by Gasteiger charge is -1.98. The second-order valence-electron chi connectivity index (χ2n) is 3.48. The van der Waals surface area contributed by atoms with Crippen LogP contribution >= 0.6 is 11.3 Å². The molecule has 0 aliphatic heterocycles. The quantitative estimate of drug-likeness (QED) is 0.625. The Labute approximate surface area is 108 Å². The standard InChI is InChI=1S/C11H12N6S/c1-7-6-18-11(15-7)17-10(13)16-9(12)8-3-2-4-14-5-8/h2-6H,1H3,(H4,12,13,15,16,17). The van der Waals surface area contributed by atoms with E-state index in [2.05, 4.69) is 20.0 Å². The van der Waals surface area contributed by atoms with Crippen LogP contribution in [0.5, 0.6) is 0 Å². The predicted molar refractivity (Wildman–Crippen MR) is 73.1 cm³/mol. The van der Waals surface area contributed by atoms with Crippen molar-refractivity contribution >= 4 is 28.3 Å². The van der Waals surface area contributed by atoms with Gasteiger partial charge < -0.3 is 11.5 Å². The summed E-state index contributed by atoms with van der Waals surface area (Å²) in [5, 5.41) is 2.45. The fraction of sp³-hybridized carbons (Fsp3) is 0.0909. The molecule has 0 spiro atoms. The van der Waals surface area contributed by atoms with Crippen LogP contribution in [0.1, 0.15) is 11.3 Å². The second kappa shape index (κ2) is 5.37. The molecule has 4 N–H and O–H groups in total. The number of rotatable bonds is 2. The molecule has 2 heterocycles. The van der Waals surface area contributed by atoms with Gasteiger partial charge in [-0.1, -0.05) is 0 Å². The molecule has 0 amide bonds. The fourth-order valence-corrected chi connectivity index (χ4v) is 1.89. The van der Waals surface area contributed by atoms with Gasteiger partial charge in [-0.25, -0.2) is 4.98 Å². The molecule has 0 saturated heterocycles. The fourth-order valence-electron chi connectivity index (χ4n) is 1.22. The largest absolute Gasteiger partial charge is 0.383 e. The summed E-state index contributed by atoms with van der Waals surface area (Å²) in [6.45, 7) is 1.89. The van der Waals surface area contributed by atoms with Gasteiger partial charge in [-0.3, -0.25) is 4.98 Å². The Balaban J connectivity index is 2.20. The number of aromatic nitrogens is 2. The van der Waals surface area contributed by atoms with Gasteiger partial charge in [-0.05, 0) is 19.1 Å². The lowest BCUT2D eigenvalue weighted by Crippen LogP contribution is -2.19. The maximum Gasteiger partial charge on any atom is 0.224 e. The van der Waals surface area contributed by atoms with Gasteiger partial charge in [-0.2, -0.15) is 9.98 Å². The van der Waals surface area contributed by atoms with E-state index in [0.29, 0.717) is 10.7 Å². The monoisotopic (exact) mass is 260 g/mol. The topological polar surface area (TPSA) is 103 Å². The third-order valence-electron chi connectivity index (χ3n) is 2.01. The van der Waals surface area contributed by atoms with Crippen molar-refractivity contribution < 1.29 is 0 Å². The smallest absolute Gasteiger partial charge is 0.224 e. The number of hydrogen-bond donors (Lipinski definition) is 2. The molecule has 2 aromatic heterocycles. The molecule has 0 fully saturated rings. The summed E-state index contributed by atoms with van der Waals surface area (Å²) in [5.74, 6) is 0.350. The molecule has 92 valence electrons. The van der Waals surface area contributed by atoms with Crippen LogP contribution in [-0.4, -0.2) is 21.8 Å². The van der Waals surface area contributed by atoms with E-state index in [0.717, 1.165) is 5.69 Å². The molecule has 6 nitrogen and oxygen atoms in total. The van der Waals surface area contributed by atoms with Crippen molar-refractivity contribution in [2.75, 3.05) is 0 Å². The van der Waals surface area contributed by atoms with Crippen LogP contribution in [0.2, 0.25) is 0 Å². The predicted octanol–water partition coefficient (Wildman–Crippen LogP) is 1.20. The third-order valence-corrected chi connectivity index (χ3v) is 2.86. The van der Waals surface area contributed by atoms with E-state index in [9.17, 15) is 0 Å². The summed E-state index contributed by atoms with van der Waals surface area (Å²) in [4.78, 5) is 16.2. The zero-order valence-electron chi connectivity index (χ0n) is 9.74. The molecule has 0 bridgehead atoms. The Bertz CT molecular complexity index is 587. The van der Waals surface area contributed by atoms with Gasteiger partial charge in [0.15, 0.2) is 0 Å². The van der Waals surface area contributed by atoms with E-state index < -0.39 is 0 Å². The molecule has 0 atom stereocenters. The summed E-state index contributed by atoms with van der Waals surface area (Å²) < 4.78 is 0. The SMILES string of the molecule is Cc1csc(N=C(N)N=C(N)c2cccnc2)n1. The van der Waals surface area contributed by atoms with Crippen molar-refractivity contribution in [1.82, 2.24) is 9.97 Å². The molecule has 0 aliphatic rings. The minimum absolute atomic E-state index is 0.0747. The summed E-state index contributed by atoms with van der Waals surface area (Å²) in [7, 11) is 0. The number of nitrogens with two attached hydrogens (primary N) is 2. The highest BCUT2D eigenvalue weighted by Gasteiger charge is 2.00. The van der Waals surface area contributed by atoms with E-state index in [1.165, 1.54) is 11.3 Å². The maximum atomic E-state index is 5.79. The molecule has 0 aromatic carbocycles. The number of aliphatic imine (C=N–C) groups is 2. The summed E-state index contributed by atoms with van der Waals surface area (Å²) in [6.07, 6.45) is 3.27. The highest BCUT2D eigenvalue weighted by molar-refractivity contribution is 7.13. The highest BCUT2D eigenvalue weighted by atomic mass is 32.1. The molecule has 2 aromatic rings. The lowest BCUT2D eigenvalue weighted by atomic mass is 10.3.